The number of anilines is 1. The summed E-state index contributed by atoms with van der Waals surface area (Å²) in [4.78, 5) is 0. The Kier molecular flexibility index (Phi) is 6.43. The molecule has 1 aliphatic carbocycles. The fraction of sp³-hybridized carbons (Fsp3) is 0.185. The molecule has 2 heteroatoms. The highest BCUT2D eigenvalue weighted by atomic mass is 28.3. The predicted octanol–water partition coefficient (Wildman–Crippen LogP) is 5.44. The second-order valence-corrected chi connectivity index (χ2v) is 10.3. The summed E-state index contributed by atoms with van der Waals surface area (Å²) in [5.74, 6) is 0. The Balaban J connectivity index is 1.88. The van der Waals surface area contributed by atoms with Crippen LogP contribution in [0.25, 0.3) is 0 Å². The molecule has 0 aliphatic heterocycles. The first-order chi connectivity index (χ1) is 14.4. The molecule has 0 aromatic heterocycles. The molecule has 4 rings (SSSR count). The zero-order chi connectivity index (χ0) is 19.9. The zero-order valence-corrected chi connectivity index (χ0v) is 18.3. The van der Waals surface area contributed by atoms with Crippen molar-refractivity contribution < 1.29 is 0 Å². The summed E-state index contributed by atoms with van der Waals surface area (Å²) in [6.45, 7) is 2.28. The standard InChI is InChI=1S/C27H29NSi/c1-2-3-14-23-15-13-22-27(23)28(24-16-7-4-8-17-24)29(25-18-9-5-10-19-25)26-20-11-6-12-21-26/h4-13,15-21,29H,2-3,14,22H2,1H3. The Morgan fingerprint density at radius 3 is 1.86 bits per heavy atom. The van der Waals surface area contributed by atoms with Crippen molar-refractivity contribution in [2.24, 2.45) is 0 Å². The number of benzene rings is 3. The van der Waals surface area contributed by atoms with E-state index < -0.39 is 8.96 Å². The van der Waals surface area contributed by atoms with E-state index in [0.29, 0.717) is 0 Å². The molecule has 29 heavy (non-hydrogen) atoms. The lowest BCUT2D eigenvalue weighted by atomic mass is 10.1. The van der Waals surface area contributed by atoms with Crippen LogP contribution in [0.3, 0.4) is 0 Å². The first-order valence-corrected chi connectivity index (χ1v) is 12.4. The molecule has 3 aromatic carbocycles. The molecule has 0 fully saturated rings. The van der Waals surface area contributed by atoms with E-state index in [1.54, 1.807) is 0 Å². The molecule has 0 N–H and O–H groups in total. The molecule has 0 unspecified atom stereocenters. The van der Waals surface area contributed by atoms with Gasteiger partial charge >= 0.3 is 0 Å². The molecule has 0 amide bonds. The van der Waals surface area contributed by atoms with Crippen molar-refractivity contribution in [2.45, 2.75) is 32.6 Å². The highest BCUT2D eigenvalue weighted by molar-refractivity contribution is 6.88. The van der Waals surface area contributed by atoms with Gasteiger partial charge in [-0.25, -0.2) is 0 Å². The lowest BCUT2D eigenvalue weighted by Gasteiger charge is -2.36. The Labute approximate surface area is 176 Å². The first kappa shape index (κ1) is 19.5. The number of unbranched alkanes of at least 4 members (excludes halogenated alkanes) is 1. The van der Waals surface area contributed by atoms with Crippen LogP contribution in [-0.2, 0) is 0 Å². The second kappa shape index (κ2) is 9.57. The van der Waals surface area contributed by atoms with E-state index in [2.05, 4.69) is 115 Å². The molecule has 1 nitrogen and oxygen atoms in total. The minimum absolute atomic E-state index is 1.02. The average Bonchev–Trinajstić information content (AvgIpc) is 3.25. The van der Waals surface area contributed by atoms with Gasteiger partial charge in [-0.2, -0.15) is 0 Å². The van der Waals surface area contributed by atoms with Crippen LogP contribution in [0.4, 0.5) is 5.69 Å². The molecule has 3 aromatic rings. The summed E-state index contributed by atoms with van der Waals surface area (Å²) >= 11 is 0. The van der Waals surface area contributed by atoms with Crippen LogP contribution in [0.5, 0.6) is 0 Å². The molecule has 0 radical (unpaired) electrons. The molecule has 0 saturated carbocycles. The number of para-hydroxylation sites is 1. The van der Waals surface area contributed by atoms with Crippen LogP contribution in [0.15, 0.2) is 114 Å². The summed E-state index contributed by atoms with van der Waals surface area (Å²) < 4.78 is 2.70. The summed E-state index contributed by atoms with van der Waals surface area (Å²) in [6.07, 6.45) is 9.37. The third-order valence-corrected chi connectivity index (χ3v) is 8.77. The molecule has 1 aliphatic rings. The number of rotatable bonds is 8. The summed E-state index contributed by atoms with van der Waals surface area (Å²) in [5, 5.41) is 2.91. The number of hydrogen-bond donors (Lipinski definition) is 0. The van der Waals surface area contributed by atoms with Crippen molar-refractivity contribution in [3.63, 3.8) is 0 Å². The minimum Gasteiger partial charge on any atom is -0.366 e. The third-order valence-electron chi connectivity index (χ3n) is 5.61. The van der Waals surface area contributed by atoms with Gasteiger partial charge in [0.2, 0.25) is 8.96 Å². The molecule has 0 saturated heterocycles. The van der Waals surface area contributed by atoms with Gasteiger partial charge in [-0.15, -0.1) is 0 Å². The van der Waals surface area contributed by atoms with Gasteiger partial charge in [-0.05, 0) is 40.9 Å². The van der Waals surface area contributed by atoms with Crippen molar-refractivity contribution in [2.75, 3.05) is 4.57 Å². The van der Waals surface area contributed by atoms with Crippen molar-refractivity contribution >= 4 is 25.0 Å². The predicted molar refractivity (Wildman–Crippen MR) is 129 cm³/mol. The zero-order valence-electron chi connectivity index (χ0n) is 17.2. The third kappa shape index (κ3) is 4.43. The Morgan fingerprint density at radius 2 is 1.31 bits per heavy atom. The van der Waals surface area contributed by atoms with Crippen LogP contribution in [0.1, 0.15) is 32.6 Å². The van der Waals surface area contributed by atoms with Gasteiger partial charge in [0, 0.05) is 17.8 Å². The minimum atomic E-state index is -1.68. The van der Waals surface area contributed by atoms with E-state index in [0.717, 1.165) is 12.8 Å². The van der Waals surface area contributed by atoms with Gasteiger partial charge in [0.1, 0.15) is 0 Å². The highest BCUT2D eigenvalue weighted by Gasteiger charge is 2.29. The topological polar surface area (TPSA) is 3.24 Å². The molecule has 0 spiro atoms. The van der Waals surface area contributed by atoms with E-state index in [1.807, 2.05) is 0 Å². The van der Waals surface area contributed by atoms with Gasteiger partial charge < -0.3 is 4.57 Å². The molecule has 0 bridgehead atoms. The maximum absolute atomic E-state index is 2.70. The van der Waals surface area contributed by atoms with Crippen LogP contribution < -0.4 is 14.9 Å². The average molecular weight is 396 g/mol. The van der Waals surface area contributed by atoms with Gasteiger partial charge in [0.05, 0.1) is 0 Å². The molecular formula is C27H29NSi. The summed E-state index contributed by atoms with van der Waals surface area (Å²) in [7, 11) is -1.68. The normalized spacial score (nSPS) is 13.3. The molecule has 0 heterocycles. The number of allylic oxidation sites excluding steroid dienone is 3. The maximum atomic E-state index is 2.70. The quantitative estimate of drug-likeness (QED) is 0.459. The molecular weight excluding hydrogens is 366 g/mol. The first-order valence-electron chi connectivity index (χ1n) is 10.7. The van der Waals surface area contributed by atoms with E-state index in [4.69, 9.17) is 0 Å². The van der Waals surface area contributed by atoms with Crippen LogP contribution in [-0.4, -0.2) is 8.96 Å². The van der Waals surface area contributed by atoms with Gasteiger partial charge in [0.25, 0.3) is 0 Å². The van der Waals surface area contributed by atoms with E-state index in [-0.39, 0.29) is 0 Å². The van der Waals surface area contributed by atoms with Gasteiger partial charge in [-0.3, -0.25) is 0 Å². The van der Waals surface area contributed by atoms with Crippen LogP contribution >= 0.6 is 0 Å². The van der Waals surface area contributed by atoms with Crippen molar-refractivity contribution in [1.29, 1.82) is 0 Å². The lowest BCUT2D eigenvalue weighted by Crippen LogP contribution is -2.56. The van der Waals surface area contributed by atoms with Crippen LogP contribution in [0, 0.1) is 0 Å². The largest absolute Gasteiger partial charge is 0.366 e. The van der Waals surface area contributed by atoms with Crippen LogP contribution in [0.2, 0.25) is 0 Å². The SMILES string of the molecule is CCCCC1=C(N(c2ccccc2)[SiH](c2ccccc2)c2ccccc2)CC=C1. The van der Waals surface area contributed by atoms with Crippen molar-refractivity contribution in [3.8, 4) is 0 Å². The van der Waals surface area contributed by atoms with Crippen molar-refractivity contribution in [3.05, 3.63) is 114 Å². The smallest absolute Gasteiger partial charge is 0.208 e. The fourth-order valence-electron chi connectivity index (χ4n) is 4.20. The van der Waals surface area contributed by atoms with Gasteiger partial charge in [-0.1, -0.05) is 104 Å². The summed E-state index contributed by atoms with van der Waals surface area (Å²) in [6, 6.07) is 33.2. The lowest BCUT2D eigenvalue weighted by molar-refractivity contribution is 0.792. The van der Waals surface area contributed by atoms with E-state index >= 15 is 0 Å². The monoisotopic (exact) mass is 395 g/mol. The van der Waals surface area contributed by atoms with E-state index in [1.165, 1.54) is 40.2 Å². The Hall–Kier alpha value is -2.84. The van der Waals surface area contributed by atoms with Crippen molar-refractivity contribution in [1.82, 2.24) is 0 Å². The highest BCUT2D eigenvalue weighted by Crippen LogP contribution is 2.31. The molecule has 146 valence electrons. The second-order valence-electron chi connectivity index (χ2n) is 7.61. The Bertz CT molecular complexity index is 922. The summed E-state index contributed by atoms with van der Waals surface area (Å²) in [5.41, 5.74) is 4.32. The fourth-order valence-corrected chi connectivity index (χ4v) is 7.41. The Morgan fingerprint density at radius 1 is 0.759 bits per heavy atom. The van der Waals surface area contributed by atoms with E-state index in [9.17, 15) is 0 Å². The molecule has 0 atom stereocenters. The van der Waals surface area contributed by atoms with Gasteiger partial charge in [0.15, 0.2) is 0 Å². The number of hydrogen-bond acceptors (Lipinski definition) is 1. The number of nitrogens with zero attached hydrogens (tertiary/aromatic N) is 1. The maximum Gasteiger partial charge on any atom is 0.208 e.